The van der Waals surface area contributed by atoms with Crippen LogP contribution in [0.3, 0.4) is 0 Å². The molecule has 170 valence electrons. The number of thiazole rings is 1. The van der Waals surface area contributed by atoms with E-state index in [0.29, 0.717) is 30.7 Å². The molecule has 4 rings (SSSR count). The number of aryl methyl sites for hydroxylation is 1. The second kappa shape index (κ2) is 10.3. The van der Waals surface area contributed by atoms with E-state index < -0.39 is 0 Å². The summed E-state index contributed by atoms with van der Waals surface area (Å²) >= 11 is 1.40. The molecule has 1 aromatic heterocycles. The van der Waals surface area contributed by atoms with Crippen LogP contribution < -0.4 is 10.6 Å². The number of carbonyl (C=O) groups is 3. The number of rotatable bonds is 8. The standard InChI is InChI=1S/C24H30N4O3S/c1-16(29)25-12-4-5-17-8-10-18(11-9-17)21-15-32-24(26-21)27-23(31)19-13-22(30)28(14-19)20-6-2-3-7-20/h8-11,15,19-20H,2-7,12-14H2,1H3,(H,25,29)(H,26,27,31). The maximum Gasteiger partial charge on any atom is 0.231 e. The Morgan fingerprint density at radius 2 is 1.94 bits per heavy atom. The number of aromatic nitrogens is 1. The first-order chi connectivity index (χ1) is 15.5. The first-order valence-corrected chi connectivity index (χ1v) is 12.3. The van der Waals surface area contributed by atoms with Crippen molar-refractivity contribution in [3.63, 3.8) is 0 Å². The monoisotopic (exact) mass is 454 g/mol. The number of nitrogens with one attached hydrogen (secondary N) is 2. The molecule has 32 heavy (non-hydrogen) atoms. The van der Waals surface area contributed by atoms with E-state index in [1.165, 1.54) is 36.7 Å². The summed E-state index contributed by atoms with van der Waals surface area (Å²) in [6.45, 7) is 2.73. The van der Waals surface area contributed by atoms with Crippen LogP contribution in [0, 0.1) is 5.92 Å². The third-order valence-corrected chi connectivity index (χ3v) is 7.05. The van der Waals surface area contributed by atoms with E-state index >= 15 is 0 Å². The van der Waals surface area contributed by atoms with Crippen LogP contribution in [0.1, 0.15) is 51.0 Å². The lowest BCUT2D eigenvalue weighted by Crippen LogP contribution is -2.35. The highest BCUT2D eigenvalue weighted by molar-refractivity contribution is 7.14. The van der Waals surface area contributed by atoms with Crippen molar-refractivity contribution in [1.82, 2.24) is 15.2 Å². The van der Waals surface area contributed by atoms with E-state index in [4.69, 9.17) is 0 Å². The predicted octanol–water partition coefficient (Wildman–Crippen LogP) is 3.61. The lowest BCUT2D eigenvalue weighted by molar-refractivity contribution is -0.130. The Kier molecular flexibility index (Phi) is 7.19. The van der Waals surface area contributed by atoms with E-state index in [1.54, 1.807) is 0 Å². The van der Waals surface area contributed by atoms with Crippen LogP contribution in [-0.2, 0) is 20.8 Å². The van der Waals surface area contributed by atoms with Crippen molar-refractivity contribution < 1.29 is 14.4 Å². The van der Waals surface area contributed by atoms with Crippen molar-refractivity contribution in [2.75, 3.05) is 18.4 Å². The van der Waals surface area contributed by atoms with Gasteiger partial charge >= 0.3 is 0 Å². The molecule has 2 aromatic rings. The molecule has 1 aliphatic heterocycles. The van der Waals surface area contributed by atoms with Gasteiger partial charge in [0.15, 0.2) is 5.13 Å². The Labute approximate surface area is 192 Å². The van der Waals surface area contributed by atoms with Crippen molar-refractivity contribution in [3.8, 4) is 11.3 Å². The van der Waals surface area contributed by atoms with Crippen molar-refractivity contribution in [2.24, 2.45) is 5.92 Å². The molecule has 1 saturated carbocycles. The van der Waals surface area contributed by atoms with E-state index in [9.17, 15) is 14.4 Å². The van der Waals surface area contributed by atoms with Gasteiger partial charge in [0.05, 0.1) is 11.6 Å². The van der Waals surface area contributed by atoms with Crippen LogP contribution in [0.15, 0.2) is 29.6 Å². The van der Waals surface area contributed by atoms with E-state index in [2.05, 4.69) is 27.8 Å². The highest BCUT2D eigenvalue weighted by Gasteiger charge is 2.38. The molecule has 2 N–H and O–H groups in total. The minimum Gasteiger partial charge on any atom is -0.356 e. The summed E-state index contributed by atoms with van der Waals surface area (Å²) in [4.78, 5) is 42.5. The van der Waals surface area contributed by atoms with Gasteiger partial charge in [-0.15, -0.1) is 11.3 Å². The van der Waals surface area contributed by atoms with Crippen LogP contribution in [0.2, 0.25) is 0 Å². The number of likely N-dealkylation sites (tertiary alicyclic amines) is 1. The molecule has 1 saturated heterocycles. The summed E-state index contributed by atoms with van der Waals surface area (Å²) in [5.74, 6) is -0.312. The molecule has 7 nitrogen and oxygen atoms in total. The zero-order valence-corrected chi connectivity index (χ0v) is 19.2. The van der Waals surface area contributed by atoms with Crippen molar-refractivity contribution in [1.29, 1.82) is 0 Å². The molecule has 0 bridgehead atoms. The van der Waals surface area contributed by atoms with Gasteiger partial charge in [0.1, 0.15) is 0 Å². The Morgan fingerprint density at radius 3 is 2.66 bits per heavy atom. The van der Waals surface area contributed by atoms with Crippen molar-refractivity contribution >= 4 is 34.2 Å². The van der Waals surface area contributed by atoms with Crippen LogP contribution in [0.5, 0.6) is 0 Å². The SMILES string of the molecule is CC(=O)NCCCc1ccc(-c2csc(NC(=O)C3CC(=O)N(C4CCCC4)C3)n2)cc1. The van der Waals surface area contributed by atoms with Gasteiger partial charge in [0.25, 0.3) is 0 Å². The number of amides is 3. The second-order valence-electron chi connectivity index (χ2n) is 8.70. The molecule has 8 heteroatoms. The molecule has 2 aliphatic rings. The number of anilines is 1. The fourth-order valence-corrected chi connectivity index (χ4v) is 5.27. The molecule has 2 heterocycles. The molecule has 3 amide bonds. The number of carbonyl (C=O) groups excluding carboxylic acids is 3. The lowest BCUT2D eigenvalue weighted by atomic mass is 10.1. The number of nitrogens with zero attached hydrogens (tertiary/aromatic N) is 2. The highest BCUT2D eigenvalue weighted by Crippen LogP contribution is 2.31. The zero-order chi connectivity index (χ0) is 22.5. The minimum absolute atomic E-state index is 0.00237. The molecule has 0 radical (unpaired) electrons. The summed E-state index contributed by atoms with van der Waals surface area (Å²) in [7, 11) is 0. The molecule has 1 unspecified atom stereocenters. The average Bonchev–Trinajstić information content (AvgIpc) is 3.52. The van der Waals surface area contributed by atoms with E-state index in [1.807, 2.05) is 22.4 Å². The van der Waals surface area contributed by atoms with Crippen LogP contribution in [0.25, 0.3) is 11.3 Å². The quantitative estimate of drug-likeness (QED) is 0.596. The van der Waals surface area contributed by atoms with E-state index in [-0.39, 0.29) is 23.6 Å². The van der Waals surface area contributed by atoms with Crippen LogP contribution in [0.4, 0.5) is 5.13 Å². The largest absolute Gasteiger partial charge is 0.356 e. The van der Waals surface area contributed by atoms with Crippen LogP contribution in [-0.4, -0.2) is 46.7 Å². The Morgan fingerprint density at radius 1 is 1.19 bits per heavy atom. The Balaban J connectivity index is 1.29. The lowest BCUT2D eigenvalue weighted by Gasteiger charge is -2.23. The second-order valence-corrected chi connectivity index (χ2v) is 9.55. The van der Waals surface area contributed by atoms with Gasteiger partial charge in [-0.1, -0.05) is 37.1 Å². The first kappa shape index (κ1) is 22.5. The maximum atomic E-state index is 12.7. The van der Waals surface area contributed by atoms with Gasteiger partial charge in [-0.2, -0.15) is 0 Å². The van der Waals surface area contributed by atoms with Gasteiger partial charge in [0.2, 0.25) is 17.7 Å². The molecule has 1 aliphatic carbocycles. The zero-order valence-electron chi connectivity index (χ0n) is 18.4. The maximum absolute atomic E-state index is 12.7. The number of hydrogen-bond acceptors (Lipinski definition) is 5. The smallest absolute Gasteiger partial charge is 0.231 e. The summed E-state index contributed by atoms with van der Waals surface area (Å²) in [5.41, 5.74) is 3.03. The van der Waals surface area contributed by atoms with Crippen molar-refractivity contribution in [3.05, 3.63) is 35.2 Å². The van der Waals surface area contributed by atoms with E-state index in [0.717, 1.165) is 36.9 Å². The third-order valence-electron chi connectivity index (χ3n) is 6.29. The summed E-state index contributed by atoms with van der Waals surface area (Å²) in [6, 6.07) is 8.53. The fourth-order valence-electron chi connectivity index (χ4n) is 4.55. The van der Waals surface area contributed by atoms with Gasteiger partial charge < -0.3 is 15.5 Å². The summed E-state index contributed by atoms with van der Waals surface area (Å²) in [5, 5.41) is 8.22. The number of hydrogen-bond donors (Lipinski definition) is 2. The molecular weight excluding hydrogens is 424 g/mol. The molecule has 2 fully saturated rings. The van der Waals surface area contributed by atoms with Gasteiger partial charge in [-0.05, 0) is 31.2 Å². The Hall–Kier alpha value is -2.74. The normalized spacial score (nSPS) is 18.8. The topological polar surface area (TPSA) is 91.4 Å². The number of benzene rings is 1. The highest BCUT2D eigenvalue weighted by atomic mass is 32.1. The average molecular weight is 455 g/mol. The summed E-state index contributed by atoms with van der Waals surface area (Å²) in [6.07, 6.45) is 6.55. The fraction of sp³-hybridized carbons (Fsp3) is 0.500. The molecular formula is C24H30N4O3S. The van der Waals surface area contributed by atoms with Gasteiger partial charge in [0, 0.05) is 43.4 Å². The third kappa shape index (κ3) is 5.54. The molecule has 1 aromatic carbocycles. The predicted molar refractivity (Wildman–Crippen MR) is 125 cm³/mol. The first-order valence-electron chi connectivity index (χ1n) is 11.4. The Bertz CT molecular complexity index is 966. The van der Waals surface area contributed by atoms with Crippen LogP contribution >= 0.6 is 11.3 Å². The molecule has 1 atom stereocenters. The van der Waals surface area contributed by atoms with Crippen molar-refractivity contribution in [2.45, 2.75) is 57.9 Å². The molecule has 0 spiro atoms. The van der Waals surface area contributed by atoms with Gasteiger partial charge in [-0.3, -0.25) is 14.4 Å². The summed E-state index contributed by atoms with van der Waals surface area (Å²) < 4.78 is 0. The van der Waals surface area contributed by atoms with Gasteiger partial charge in [-0.25, -0.2) is 4.98 Å². The minimum atomic E-state index is -0.299.